The van der Waals surface area contributed by atoms with Crippen molar-refractivity contribution in [3.05, 3.63) is 64.2 Å². The minimum absolute atomic E-state index is 0.0674. The number of ether oxygens (including phenoxy) is 1. The number of carbonyl (C=O) groups is 3. The van der Waals surface area contributed by atoms with Crippen molar-refractivity contribution in [3.63, 3.8) is 0 Å². The number of benzene rings is 2. The molecule has 0 radical (unpaired) electrons. The van der Waals surface area contributed by atoms with E-state index in [9.17, 15) is 19.5 Å². The van der Waals surface area contributed by atoms with Crippen LogP contribution in [0.3, 0.4) is 0 Å². The van der Waals surface area contributed by atoms with Crippen LogP contribution in [0.15, 0.2) is 42.5 Å². The Balaban J connectivity index is 1.50. The van der Waals surface area contributed by atoms with Crippen molar-refractivity contribution >= 4 is 29.8 Å². The molecule has 0 saturated carbocycles. The van der Waals surface area contributed by atoms with Crippen LogP contribution in [0.5, 0.6) is 5.75 Å². The number of aldehydes is 1. The number of carboxylic acid groups (broad SMARTS) is 1. The van der Waals surface area contributed by atoms with Crippen LogP contribution in [-0.4, -0.2) is 65.9 Å². The van der Waals surface area contributed by atoms with E-state index in [4.69, 9.17) is 16.3 Å². The molecule has 0 spiro atoms. The Morgan fingerprint density at radius 3 is 2.38 bits per heavy atom. The molecule has 1 fully saturated rings. The first-order valence-electron chi connectivity index (χ1n) is 9.16. The number of carboxylic acids is 1. The van der Waals surface area contributed by atoms with E-state index in [-0.39, 0.29) is 29.4 Å². The van der Waals surface area contributed by atoms with E-state index in [1.807, 2.05) is 24.3 Å². The summed E-state index contributed by atoms with van der Waals surface area (Å²) in [6.07, 6.45) is 0.560. The quantitative estimate of drug-likeness (QED) is 0.698. The van der Waals surface area contributed by atoms with Gasteiger partial charge < -0.3 is 14.7 Å². The molecule has 3 rings (SSSR count). The van der Waals surface area contributed by atoms with Crippen molar-refractivity contribution in [2.24, 2.45) is 0 Å². The highest BCUT2D eigenvalue weighted by molar-refractivity contribution is 6.30. The fourth-order valence-electron chi connectivity index (χ4n) is 3.15. The molecule has 1 amide bonds. The molecule has 2 aromatic rings. The molecule has 7 nitrogen and oxygen atoms in total. The molecule has 0 aromatic heterocycles. The minimum atomic E-state index is -1.22. The number of rotatable bonds is 7. The van der Waals surface area contributed by atoms with E-state index in [1.165, 1.54) is 18.2 Å². The normalized spacial score (nSPS) is 14.4. The van der Waals surface area contributed by atoms with Crippen LogP contribution in [0.4, 0.5) is 0 Å². The molecule has 0 aliphatic carbocycles. The Bertz CT molecular complexity index is 892. The molecular formula is C21H21ClN2O5. The van der Waals surface area contributed by atoms with Gasteiger partial charge in [-0.1, -0.05) is 23.7 Å². The molecule has 1 aliphatic heterocycles. The summed E-state index contributed by atoms with van der Waals surface area (Å²) in [7, 11) is 0. The summed E-state index contributed by atoms with van der Waals surface area (Å²) >= 11 is 5.91. The zero-order valence-electron chi connectivity index (χ0n) is 15.7. The molecular weight excluding hydrogens is 396 g/mol. The maximum absolute atomic E-state index is 12.4. The van der Waals surface area contributed by atoms with Gasteiger partial charge in [0.2, 0.25) is 0 Å². The lowest BCUT2D eigenvalue weighted by molar-refractivity contribution is -0.135. The second-order valence-corrected chi connectivity index (χ2v) is 7.19. The molecule has 152 valence electrons. The maximum atomic E-state index is 12.4. The number of piperazine rings is 1. The van der Waals surface area contributed by atoms with Gasteiger partial charge in [-0.2, -0.15) is 0 Å². The molecule has 0 unspecified atom stereocenters. The Labute approximate surface area is 173 Å². The van der Waals surface area contributed by atoms with Crippen molar-refractivity contribution in [1.82, 2.24) is 9.80 Å². The molecule has 8 heteroatoms. The summed E-state index contributed by atoms with van der Waals surface area (Å²) in [5.41, 5.74) is 1.26. The largest absolute Gasteiger partial charge is 0.483 e. The molecule has 1 heterocycles. The summed E-state index contributed by atoms with van der Waals surface area (Å²) in [4.78, 5) is 38.6. The molecule has 2 aromatic carbocycles. The second kappa shape index (κ2) is 9.54. The monoisotopic (exact) mass is 416 g/mol. The van der Waals surface area contributed by atoms with Crippen molar-refractivity contribution in [1.29, 1.82) is 0 Å². The molecule has 29 heavy (non-hydrogen) atoms. The van der Waals surface area contributed by atoms with E-state index < -0.39 is 5.97 Å². The minimum Gasteiger partial charge on any atom is -0.483 e. The first kappa shape index (κ1) is 20.8. The number of amides is 1. The topological polar surface area (TPSA) is 87.2 Å². The highest BCUT2D eigenvalue weighted by Crippen LogP contribution is 2.20. The highest BCUT2D eigenvalue weighted by Gasteiger charge is 2.22. The van der Waals surface area contributed by atoms with E-state index >= 15 is 0 Å². The first-order valence-corrected chi connectivity index (χ1v) is 9.54. The maximum Gasteiger partial charge on any atom is 0.339 e. The third-order valence-electron chi connectivity index (χ3n) is 4.77. The number of nitrogens with zero attached hydrogens (tertiary/aromatic N) is 2. The predicted octanol–water partition coefficient (Wildman–Crippen LogP) is 2.57. The van der Waals surface area contributed by atoms with Crippen molar-refractivity contribution in [2.75, 3.05) is 32.8 Å². The van der Waals surface area contributed by atoms with Crippen molar-refractivity contribution in [2.45, 2.75) is 6.54 Å². The standard InChI is InChI=1S/C21H21ClN2O5/c22-17-4-1-15(2-5-17)12-23-7-9-24(10-8-23)20(26)14-29-19-6-3-16(13-25)11-18(19)21(27)28/h1-6,11,13H,7-10,12,14H2,(H,27,28). The lowest BCUT2D eigenvalue weighted by atomic mass is 10.1. The Morgan fingerprint density at radius 2 is 1.76 bits per heavy atom. The average Bonchev–Trinajstić information content (AvgIpc) is 2.74. The van der Waals surface area contributed by atoms with Gasteiger partial charge in [-0.05, 0) is 35.9 Å². The summed E-state index contributed by atoms with van der Waals surface area (Å²) in [5.74, 6) is -1.35. The lowest BCUT2D eigenvalue weighted by Crippen LogP contribution is -2.49. The summed E-state index contributed by atoms with van der Waals surface area (Å²) < 4.78 is 5.43. The van der Waals surface area contributed by atoms with E-state index in [1.54, 1.807) is 4.90 Å². The lowest BCUT2D eigenvalue weighted by Gasteiger charge is -2.34. The van der Waals surface area contributed by atoms with Crippen LogP contribution in [0.25, 0.3) is 0 Å². The van der Waals surface area contributed by atoms with Crippen molar-refractivity contribution in [3.8, 4) is 5.75 Å². The first-order chi connectivity index (χ1) is 14.0. The molecule has 1 aliphatic rings. The van der Waals surface area contributed by atoms with Gasteiger partial charge in [0.05, 0.1) is 0 Å². The van der Waals surface area contributed by atoms with Gasteiger partial charge in [-0.3, -0.25) is 14.5 Å². The third-order valence-corrected chi connectivity index (χ3v) is 5.02. The Kier molecular flexibility index (Phi) is 6.85. The van der Waals surface area contributed by atoms with Gasteiger partial charge in [0.15, 0.2) is 6.61 Å². The summed E-state index contributed by atoms with van der Waals surface area (Å²) in [5, 5.41) is 9.97. The Morgan fingerprint density at radius 1 is 1.07 bits per heavy atom. The van der Waals surface area contributed by atoms with Crippen LogP contribution in [0.2, 0.25) is 5.02 Å². The van der Waals surface area contributed by atoms with Crippen LogP contribution < -0.4 is 4.74 Å². The SMILES string of the molecule is O=Cc1ccc(OCC(=O)N2CCN(Cc3ccc(Cl)cc3)CC2)c(C(=O)O)c1. The molecule has 1 saturated heterocycles. The predicted molar refractivity (Wildman–Crippen MR) is 108 cm³/mol. The summed E-state index contributed by atoms with van der Waals surface area (Å²) in [6.45, 7) is 3.17. The summed E-state index contributed by atoms with van der Waals surface area (Å²) in [6, 6.07) is 11.8. The van der Waals surface area contributed by atoms with Gasteiger partial charge in [0.25, 0.3) is 5.91 Å². The van der Waals surface area contributed by atoms with Gasteiger partial charge in [-0.15, -0.1) is 0 Å². The van der Waals surface area contributed by atoms with Crippen LogP contribution in [-0.2, 0) is 11.3 Å². The van der Waals surface area contributed by atoms with Gasteiger partial charge >= 0.3 is 5.97 Å². The average molecular weight is 417 g/mol. The van der Waals surface area contributed by atoms with Gasteiger partial charge in [0, 0.05) is 43.3 Å². The van der Waals surface area contributed by atoms with E-state index in [0.29, 0.717) is 24.4 Å². The number of hydrogen-bond acceptors (Lipinski definition) is 5. The number of halogens is 1. The van der Waals surface area contributed by atoms with E-state index in [0.717, 1.165) is 25.2 Å². The fraction of sp³-hybridized carbons (Fsp3) is 0.286. The van der Waals surface area contributed by atoms with Crippen molar-refractivity contribution < 1.29 is 24.2 Å². The number of aromatic carboxylic acids is 1. The van der Waals surface area contributed by atoms with Gasteiger partial charge in [0.1, 0.15) is 17.6 Å². The van der Waals surface area contributed by atoms with Crippen LogP contribution in [0.1, 0.15) is 26.3 Å². The van der Waals surface area contributed by atoms with Gasteiger partial charge in [-0.25, -0.2) is 4.79 Å². The molecule has 0 atom stereocenters. The molecule has 1 N–H and O–H groups in total. The Hall–Kier alpha value is -2.90. The zero-order chi connectivity index (χ0) is 20.8. The highest BCUT2D eigenvalue weighted by atomic mass is 35.5. The fourth-order valence-corrected chi connectivity index (χ4v) is 3.27. The third kappa shape index (κ3) is 5.56. The number of carbonyl (C=O) groups excluding carboxylic acids is 2. The van der Waals surface area contributed by atoms with E-state index in [2.05, 4.69) is 4.90 Å². The van der Waals surface area contributed by atoms with Crippen LogP contribution >= 0.6 is 11.6 Å². The zero-order valence-corrected chi connectivity index (χ0v) is 16.5. The second-order valence-electron chi connectivity index (χ2n) is 6.75. The smallest absolute Gasteiger partial charge is 0.339 e. The van der Waals surface area contributed by atoms with Crippen LogP contribution in [0, 0.1) is 0 Å². The number of hydrogen-bond donors (Lipinski definition) is 1. The molecule has 0 bridgehead atoms.